The zero-order valence-electron chi connectivity index (χ0n) is 12.8. The average Bonchev–Trinajstić information content (AvgIpc) is 2.26. The summed E-state index contributed by atoms with van der Waals surface area (Å²) in [5, 5.41) is 9.11. The molecule has 1 heterocycles. The molecule has 1 aromatic rings. The van der Waals surface area contributed by atoms with Crippen LogP contribution in [0.1, 0.15) is 64.9 Å². The summed E-state index contributed by atoms with van der Waals surface area (Å²) in [6, 6.07) is 5.88. The van der Waals surface area contributed by atoms with Crippen LogP contribution in [0.2, 0.25) is 0 Å². The van der Waals surface area contributed by atoms with Gasteiger partial charge in [-0.2, -0.15) is 5.26 Å². The Hall–Kier alpha value is -1.80. The summed E-state index contributed by atoms with van der Waals surface area (Å²) < 4.78 is 0. The number of aromatic nitrogens is 1. The van der Waals surface area contributed by atoms with Gasteiger partial charge in [-0.25, -0.2) is 4.98 Å². The van der Waals surface area contributed by atoms with Crippen molar-refractivity contribution in [2.45, 2.75) is 53.4 Å². The maximum absolute atomic E-state index is 9.11. The van der Waals surface area contributed by atoms with Crippen LogP contribution in [0.4, 0.5) is 0 Å². The first-order valence-electron chi connectivity index (χ1n) is 6.54. The van der Waals surface area contributed by atoms with Gasteiger partial charge in [0.25, 0.3) is 0 Å². The van der Waals surface area contributed by atoms with Crippen LogP contribution in [0.3, 0.4) is 0 Å². The van der Waals surface area contributed by atoms with Crippen LogP contribution < -0.4 is 0 Å². The molecule has 0 aliphatic rings. The van der Waals surface area contributed by atoms with Crippen molar-refractivity contribution in [2.75, 3.05) is 0 Å². The lowest BCUT2D eigenvalue weighted by molar-refractivity contribution is 0.428. The van der Waals surface area contributed by atoms with E-state index in [0.29, 0.717) is 11.3 Å². The normalized spacial score (nSPS) is 11.4. The first-order chi connectivity index (χ1) is 8.63. The molecule has 0 aromatic carbocycles. The molecule has 0 unspecified atom stereocenters. The van der Waals surface area contributed by atoms with Crippen molar-refractivity contribution in [1.82, 2.24) is 4.98 Å². The van der Waals surface area contributed by atoms with E-state index in [2.05, 4.69) is 64.4 Å². The van der Waals surface area contributed by atoms with Crippen LogP contribution >= 0.6 is 0 Å². The summed E-state index contributed by atoms with van der Waals surface area (Å²) in [6.45, 7) is 12.7. The third-order valence-corrected chi connectivity index (χ3v) is 2.61. The summed E-state index contributed by atoms with van der Waals surface area (Å²) in [6.07, 6.45) is 0.791. The van der Waals surface area contributed by atoms with Crippen molar-refractivity contribution in [3.05, 3.63) is 29.1 Å². The van der Waals surface area contributed by atoms with Crippen molar-refractivity contribution in [1.29, 1.82) is 5.26 Å². The second-order valence-corrected chi connectivity index (χ2v) is 6.99. The zero-order valence-corrected chi connectivity index (χ0v) is 12.8. The summed E-state index contributed by atoms with van der Waals surface area (Å²) >= 11 is 0. The van der Waals surface area contributed by atoms with Crippen molar-refractivity contribution >= 4 is 0 Å². The van der Waals surface area contributed by atoms with Gasteiger partial charge in [-0.15, -0.1) is 0 Å². The molecule has 0 amide bonds. The Morgan fingerprint density at radius 2 is 1.74 bits per heavy atom. The zero-order chi connectivity index (χ0) is 14.7. The fourth-order valence-corrected chi connectivity index (χ4v) is 1.46. The molecule has 2 heteroatoms. The van der Waals surface area contributed by atoms with Crippen LogP contribution in [-0.2, 0) is 5.41 Å². The number of rotatable bonds is 0. The minimum atomic E-state index is -0.0333. The Labute approximate surface area is 116 Å². The summed E-state index contributed by atoms with van der Waals surface area (Å²) in [5.41, 5.74) is 2.25. The second kappa shape index (κ2) is 5.45. The number of nitrogens with zero attached hydrogens (tertiary/aromatic N) is 2. The molecule has 0 aliphatic heterocycles. The molecule has 0 radical (unpaired) electrons. The Morgan fingerprint density at radius 1 is 1.11 bits per heavy atom. The Kier molecular flexibility index (Phi) is 4.38. The molecule has 0 spiro atoms. The Bertz CT molecular complexity index is 552. The molecule has 1 aromatic heterocycles. The smallest absolute Gasteiger partial charge is 0.131 e. The number of hydrogen-bond acceptors (Lipinski definition) is 2. The molecule has 0 fully saturated rings. The largest absolute Gasteiger partial charge is 0.242 e. The molecular formula is C17H22N2. The van der Waals surface area contributed by atoms with E-state index in [0.717, 1.165) is 12.1 Å². The lowest BCUT2D eigenvalue weighted by Crippen LogP contribution is -2.14. The molecule has 0 atom stereocenters. The van der Waals surface area contributed by atoms with Crippen molar-refractivity contribution < 1.29 is 0 Å². The van der Waals surface area contributed by atoms with Gasteiger partial charge in [0.1, 0.15) is 11.8 Å². The van der Waals surface area contributed by atoms with Gasteiger partial charge < -0.3 is 0 Å². The summed E-state index contributed by atoms with van der Waals surface area (Å²) in [7, 11) is 0. The van der Waals surface area contributed by atoms with Crippen molar-refractivity contribution in [3.8, 4) is 17.9 Å². The van der Waals surface area contributed by atoms with Crippen molar-refractivity contribution in [3.63, 3.8) is 0 Å². The van der Waals surface area contributed by atoms with E-state index in [1.54, 1.807) is 0 Å². The highest BCUT2D eigenvalue weighted by Crippen LogP contribution is 2.21. The SMILES string of the molecule is CC(C)(C)CC#Cc1nc(C(C)(C)C)ccc1C#N. The van der Waals surface area contributed by atoms with Crippen LogP contribution in [0.25, 0.3) is 0 Å². The van der Waals surface area contributed by atoms with Crippen LogP contribution in [0.5, 0.6) is 0 Å². The topological polar surface area (TPSA) is 36.7 Å². The van der Waals surface area contributed by atoms with Crippen molar-refractivity contribution in [2.24, 2.45) is 5.41 Å². The lowest BCUT2D eigenvalue weighted by Gasteiger charge is -2.18. The second-order valence-electron chi connectivity index (χ2n) is 6.99. The van der Waals surface area contributed by atoms with Gasteiger partial charge in [-0.3, -0.25) is 0 Å². The van der Waals surface area contributed by atoms with Gasteiger partial charge in [-0.1, -0.05) is 47.5 Å². The van der Waals surface area contributed by atoms with Crippen LogP contribution in [0.15, 0.2) is 12.1 Å². The number of hydrogen-bond donors (Lipinski definition) is 0. The van der Waals surface area contributed by atoms with Crippen LogP contribution in [0, 0.1) is 28.6 Å². The van der Waals surface area contributed by atoms with Gasteiger partial charge in [0.15, 0.2) is 0 Å². The molecule has 0 saturated carbocycles. The van der Waals surface area contributed by atoms with E-state index < -0.39 is 0 Å². The van der Waals surface area contributed by atoms with E-state index >= 15 is 0 Å². The Morgan fingerprint density at radius 3 is 2.21 bits per heavy atom. The predicted molar refractivity (Wildman–Crippen MR) is 78.6 cm³/mol. The highest BCUT2D eigenvalue weighted by molar-refractivity contribution is 5.44. The molecule has 0 saturated heterocycles. The molecule has 2 nitrogen and oxygen atoms in total. The number of nitriles is 1. The van der Waals surface area contributed by atoms with E-state index in [4.69, 9.17) is 5.26 Å². The highest BCUT2D eigenvalue weighted by Gasteiger charge is 2.16. The Balaban J connectivity index is 3.15. The molecular weight excluding hydrogens is 232 g/mol. The maximum atomic E-state index is 9.11. The fourth-order valence-electron chi connectivity index (χ4n) is 1.46. The lowest BCUT2D eigenvalue weighted by atomic mass is 9.91. The van der Waals surface area contributed by atoms with E-state index in [9.17, 15) is 0 Å². The van der Waals surface area contributed by atoms with E-state index in [1.165, 1.54) is 0 Å². The monoisotopic (exact) mass is 254 g/mol. The average molecular weight is 254 g/mol. The minimum Gasteiger partial charge on any atom is -0.242 e. The van der Waals surface area contributed by atoms with Gasteiger partial charge in [0, 0.05) is 17.5 Å². The summed E-state index contributed by atoms with van der Waals surface area (Å²) in [4.78, 5) is 4.54. The number of pyridine rings is 1. The third kappa shape index (κ3) is 4.76. The van der Waals surface area contributed by atoms with E-state index in [-0.39, 0.29) is 10.8 Å². The molecule has 19 heavy (non-hydrogen) atoms. The molecule has 1 rings (SSSR count). The first-order valence-corrected chi connectivity index (χ1v) is 6.54. The highest BCUT2D eigenvalue weighted by atomic mass is 14.7. The standard InChI is InChI=1S/C17H22N2/c1-16(2,3)11-7-8-14-13(12-18)9-10-15(19-14)17(4,5)6/h9-10H,11H2,1-6H3. The minimum absolute atomic E-state index is 0.0333. The quantitative estimate of drug-likeness (QED) is 0.655. The fraction of sp³-hybridized carbons (Fsp3) is 0.529. The van der Waals surface area contributed by atoms with Gasteiger partial charge in [0.2, 0.25) is 0 Å². The maximum Gasteiger partial charge on any atom is 0.131 e. The van der Waals surface area contributed by atoms with E-state index in [1.807, 2.05) is 12.1 Å². The van der Waals surface area contributed by atoms with Gasteiger partial charge in [0.05, 0.1) is 5.56 Å². The molecule has 100 valence electrons. The van der Waals surface area contributed by atoms with Gasteiger partial charge in [-0.05, 0) is 23.5 Å². The van der Waals surface area contributed by atoms with Crippen LogP contribution in [-0.4, -0.2) is 4.98 Å². The van der Waals surface area contributed by atoms with Gasteiger partial charge >= 0.3 is 0 Å². The molecule has 0 aliphatic carbocycles. The first kappa shape index (κ1) is 15.3. The molecule has 0 bridgehead atoms. The predicted octanol–water partition coefficient (Wildman–Crippen LogP) is 4.04. The summed E-state index contributed by atoms with van der Waals surface area (Å²) in [5.74, 6) is 6.18. The molecule has 0 N–H and O–H groups in total. The third-order valence-electron chi connectivity index (χ3n) is 2.61.